The number of rotatable bonds is 6. The summed E-state index contributed by atoms with van der Waals surface area (Å²) in [4.78, 5) is 28.5. The van der Waals surface area contributed by atoms with Crippen molar-refractivity contribution in [3.05, 3.63) is 65.7 Å². The zero-order valence-electron chi connectivity index (χ0n) is 15.8. The van der Waals surface area contributed by atoms with Crippen molar-refractivity contribution in [2.24, 2.45) is 0 Å². The van der Waals surface area contributed by atoms with Gasteiger partial charge >= 0.3 is 0 Å². The van der Waals surface area contributed by atoms with Crippen molar-refractivity contribution >= 4 is 11.8 Å². The normalized spacial score (nSPS) is 14.1. The zero-order valence-corrected chi connectivity index (χ0v) is 15.8. The van der Waals surface area contributed by atoms with E-state index in [9.17, 15) is 9.59 Å². The number of benzene rings is 2. The molecule has 0 bridgehead atoms. The molecule has 27 heavy (non-hydrogen) atoms. The van der Waals surface area contributed by atoms with Gasteiger partial charge in [-0.1, -0.05) is 55.5 Å². The molecule has 142 valence electrons. The van der Waals surface area contributed by atoms with Crippen molar-refractivity contribution in [3.63, 3.8) is 0 Å². The minimum atomic E-state index is -0.0314. The SMILES string of the molecule is CCc1ccccc1OCC(=O)N1CCN(C(=O)Cc2ccccc2)CC1. The van der Waals surface area contributed by atoms with Crippen LogP contribution in [0.3, 0.4) is 0 Å². The lowest BCUT2D eigenvalue weighted by Crippen LogP contribution is -2.52. The van der Waals surface area contributed by atoms with Crippen molar-refractivity contribution in [1.82, 2.24) is 9.80 Å². The largest absolute Gasteiger partial charge is 0.483 e. The van der Waals surface area contributed by atoms with Crippen LogP contribution >= 0.6 is 0 Å². The topological polar surface area (TPSA) is 49.9 Å². The Bertz CT molecular complexity index is 768. The third-order valence-corrected chi connectivity index (χ3v) is 4.89. The van der Waals surface area contributed by atoms with Gasteiger partial charge in [0.2, 0.25) is 5.91 Å². The molecule has 0 N–H and O–H groups in total. The summed E-state index contributed by atoms with van der Waals surface area (Å²) in [6.07, 6.45) is 1.28. The van der Waals surface area contributed by atoms with Gasteiger partial charge in [0.1, 0.15) is 5.75 Å². The number of carbonyl (C=O) groups is 2. The molecule has 0 spiro atoms. The fourth-order valence-electron chi connectivity index (χ4n) is 3.26. The highest BCUT2D eigenvalue weighted by molar-refractivity contribution is 5.80. The third-order valence-electron chi connectivity index (χ3n) is 4.89. The Morgan fingerprint density at radius 1 is 0.852 bits per heavy atom. The summed E-state index contributed by atoms with van der Waals surface area (Å²) in [6.45, 7) is 4.35. The molecule has 0 saturated carbocycles. The number of para-hydroxylation sites is 1. The third kappa shape index (κ3) is 5.09. The molecule has 0 aromatic heterocycles. The van der Waals surface area contributed by atoms with Crippen molar-refractivity contribution in [2.75, 3.05) is 32.8 Å². The molecule has 1 aliphatic heterocycles. The Balaban J connectivity index is 1.45. The highest BCUT2D eigenvalue weighted by atomic mass is 16.5. The number of ether oxygens (including phenoxy) is 1. The average molecular weight is 366 g/mol. The summed E-state index contributed by atoms with van der Waals surface area (Å²) in [7, 11) is 0. The summed E-state index contributed by atoms with van der Waals surface area (Å²) in [5.74, 6) is 0.850. The molecular weight excluding hydrogens is 340 g/mol. The molecular formula is C22H26N2O3. The van der Waals surface area contributed by atoms with Crippen LogP contribution in [0.1, 0.15) is 18.1 Å². The van der Waals surface area contributed by atoms with Crippen LogP contribution in [0.15, 0.2) is 54.6 Å². The van der Waals surface area contributed by atoms with E-state index in [1.54, 1.807) is 4.90 Å². The molecule has 2 aromatic rings. The molecule has 0 unspecified atom stereocenters. The Morgan fingerprint density at radius 2 is 1.44 bits per heavy atom. The number of hydrogen-bond acceptors (Lipinski definition) is 3. The highest BCUT2D eigenvalue weighted by Gasteiger charge is 2.24. The van der Waals surface area contributed by atoms with Crippen molar-refractivity contribution < 1.29 is 14.3 Å². The van der Waals surface area contributed by atoms with Gasteiger partial charge in [-0.25, -0.2) is 0 Å². The van der Waals surface area contributed by atoms with Crippen molar-refractivity contribution in [1.29, 1.82) is 0 Å². The first-order valence-corrected chi connectivity index (χ1v) is 9.47. The highest BCUT2D eigenvalue weighted by Crippen LogP contribution is 2.18. The van der Waals surface area contributed by atoms with E-state index in [4.69, 9.17) is 4.74 Å². The minimum absolute atomic E-state index is 0.0314. The lowest BCUT2D eigenvalue weighted by atomic mass is 10.1. The van der Waals surface area contributed by atoms with E-state index in [2.05, 4.69) is 6.92 Å². The van der Waals surface area contributed by atoms with Crippen molar-refractivity contribution in [3.8, 4) is 5.75 Å². The Morgan fingerprint density at radius 3 is 2.11 bits per heavy atom. The second kappa shape index (κ2) is 9.21. The average Bonchev–Trinajstić information content (AvgIpc) is 2.73. The summed E-state index contributed by atoms with van der Waals surface area (Å²) < 4.78 is 5.72. The summed E-state index contributed by atoms with van der Waals surface area (Å²) >= 11 is 0. The standard InChI is InChI=1S/C22H26N2O3/c1-2-19-10-6-7-11-20(19)27-17-22(26)24-14-12-23(13-15-24)21(25)16-18-8-4-3-5-9-18/h3-11H,2,12-17H2,1H3. The molecule has 0 radical (unpaired) electrons. The molecule has 1 heterocycles. The first-order chi connectivity index (χ1) is 13.2. The van der Waals surface area contributed by atoms with Gasteiger partial charge in [-0.3, -0.25) is 9.59 Å². The van der Waals surface area contributed by atoms with Crippen LogP contribution in [0.5, 0.6) is 5.75 Å². The number of hydrogen-bond donors (Lipinski definition) is 0. The van der Waals surface area contributed by atoms with E-state index < -0.39 is 0 Å². The van der Waals surface area contributed by atoms with E-state index >= 15 is 0 Å². The molecule has 2 amide bonds. The van der Waals surface area contributed by atoms with Crippen molar-refractivity contribution in [2.45, 2.75) is 19.8 Å². The fourth-order valence-corrected chi connectivity index (χ4v) is 3.26. The lowest BCUT2D eigenvalue weighted by molar-refractivity contribution is -0.140. The van der Waals surface area contributed by atoms with E-state index in [0.29, 0.717) is 32.6 Å². The maximum atomic E-state index is 12.4. The van der Waals surface area contributed by atoms with Gasteiger partial charge in [-0.2, -0.15) is 0 Å². The monoisotopic (exact) mass is 366 g/mol. The second-order valence-electron chi connectivity index (χ2n) is 6.67. The van der Waals surface area contributed by atoms with Gasteiger partial charge in [0.25, 0.3) is 5.91 Å². The fraction of sp³-hybridized carbons (Fsp3) is 0.364. The van der Waals surface area contributed by atoms with E-state index in [1.165, 1.54) is 0 Å². The lowest BCUT2D eigenvalue weighted by Gasteiger charge is -2.34. The molecule has 1 aliphatic rings. The van der Waals surface area contributed by atoms with Crippen LogP contribution in [0.4, 0.5) is 0 Å². The molecule has 5 heteroatoms. The molecule has 3 rings (SSSR count). The Kier molecular flexibility index (Phi) is 6.47. The zero-order chi connectivity index (χ0) is 19.1. The van der Waals surface area contributed by atoms with Gasteiger partial charge in [0, 0.05) is 26.2 Å². The molecule has 2 aromatic carbocycles. The number of carbonyl (C=O) groups excluding carboxylic acids is 2. The predicted molar refractivity (Wildman–Crippen MR) is 105 cm³/mol. The Labute approximate surface area is 160 Å². The number of piperazine rings is 1. The molecule has 5 nitrogen and oxygen atoms in total. The first kappa shape index (κ1) is 19.0. The minimum Gasteiger partial charge on any atom is -0.483 e. The molecule has 0 aliphatic carbocycles. The summed E-state index contributed by atoms with van der Waals surface area (Å²) in [5, 5.41) is 0. The number of amides is 2. The van der Waals surface area contributed by atoms with Crippen LogP contribution < -0.4 is 4.74 Å². The van der Waals surface area contributed by atoms with Crippen LogP contribution in [-0.2, 0) is 22.4 Å². The number of aryl methyl sites for hydroxylation is 1. The van der Waals surface area contributed by atoms with Crippen LogP contribution in [0.25, 0.3) is 0 Å². The summed E-state index contributed by atoms with van der Waals surface area (Å²) in [5.41, 5.74) is 2.12. The maximum Gasteiger partial charge on any atom is 0.260 e. The van der Waals surface area contributed by atoms with Gasteiger partial charge in [-0.15, -0.1) is 0 Å². The quantitative estimate of drug-likeness (QED) is 0.789. The summed E-state index contributed by atoms with van der Waals surface area (Å²) in [6, 6.07) is 17.5. The van der Waals surface area contributed by atoms with E-state index in [0.717, 1.165) is 23.3 Å². The maximum absolute atomic E-state index is 12.4. The van der Waals surface area contributed by atoms with E-state index in [1.807, 2.05) is 59.5 Å². The van der Waals surface area contributed by atoms with Crippen LogP contribution in [0, 0.1) is 0 Å². The first-order valence-electron chi connectivity index (χ1n) is 9.47. The second-order valence-corrected chi connectivity index (χ2v) is 6.67. The van der Waals surface area contributed by atoms with Gasteiger partial charge < -0.3 is 14.5 Å². The predicted octanol–water partition coefficient (Wildman–Crippen LogP) is 2.54. The van der Waals surface area contributed by atoms with E-state index in [-0.39, 0.29) is 18.4 Å². The molecule has 0 atom stereocenters. The van der Waals surface area contributed by atoms with Gasteiger partial charge in [0.05, 0.1) is 6.42 Å². The van der Waals surface area contributed by atoms with Gasteiger partial charge in [0.15, 0.2) is 6.61 Å². The molecule has 1 saturated heterocycles. The smallest absolute Gasteiger partial charge is 0.260 e. The molecule has 1 fully saturated rings. The van der Waals surface area contributed by atoms with Gasteiger partial charge in [-0.05, 0) is 23.6 Å². The van der Waals surface area contributed by atoms with Crippen LogP contribution in [-0.4, -0.2) is 54.4 Å². The van der Waals surface area contributed by atoms with Crippen LogP contribution in [0.2, 0.25) is 0 Å². The number of nitrogens with zero attached hydrogens (tertiary/aromatic N) is 2. The Hall–Kier alpha value is -2.82.